The van der Waals surface area contributed by atoms with Crippen LogP contribution in [0.2, 0.25) is 0 Å². The molecule has 1 unspecified atom stereocenters. The molecule has 7 heteroatoms. The minimum atomic E-state index is -0.530. The summed E-state index contributed by atoms with van der Waals surface area (Å²) in [5.74, 6) is -0.537. The second kappa shape index (κ2) is 5.94. The van der Waals surface area contributed by atoms with Crippen molar-refractivity contribution in [1.29, 1.82) is 0 Å². The lowest BCUT2D eigenvalue weighted by Gasteiger charge is -2.26. The lowest BCUT2D eigenvalue weighted by molar-refractivity contribution is -0.384. The van der Waals surface area contributed by atoms with Crippen molar-refractivity contribution in [2.75, 3.05) is 16.8 Å². The van der Waals surface area contributed by atoms with Crippen LogP contribution in [0.3, 0.4) is 0 Å². The van der Waals surface area contributed by atoms with Crippen molar-refractivity contribution in [3.05, 3.63) is 63.2 Å². The van der Waals surface area contributed by atoms with Gasteiger partial charge in [0, 0.05) is 29.9 Å². The van der Waals surface area contributed by atoms with E-state index in [0.29, 0.717) is 5.69 Å². The Balaban J connectivity index is 1.66. The number of non-ortho nitro benzene ring substituents is 1. The summed E-state index contributed by atoms with van der Waals surface area (Å²) in [6.45, 7) is 2.62. The lowest BCUT2D eigenvalue weighted by atomic mass is 9.96. The Kier molecular flexibility index (Phi) is 3.72. The number of hydrogen-bond acceptors (Lipinski definition) is 4. The number of aryl methyl sites for hydroxylation is 1. The molecule has 0 aromatic heterocycles. The fourth-order valence-electron chi connectivity index (χ4n) is 3.73. The van der Waals surface area contributed by atoms with E-state index in [0.717, 1.165) is 36.2 Å². The van der Waals surface area contributed by atoms with Crippen molar-refractivity contribution in [1.82, 2.24) is 0 Å². The number of nitrogens with zero attached hydrogens (tertiary/aromatic N) is 2. The van der Waals surface area contributed by atoms with Crippen molar-refractivity contribution in [3.63, 3.8) is 0 Å². The van der Waals surface area contributed by atoms with E-state index in [1.54, 1.807) is 0 Å². The Labute approximate surface area is 149 Å². The molecular weight excluding hydrogens is 334 g/mol. The molecule has 0 spiro atoms. The van der Waals surface area contributed by atoms with Crippen molar-refractivity contribution >= 4 is 28.9 Å². The van der Waals surface area contributed by atoms with E-state index in [-0.39, 0.29) is 23.1 Å². The molecule has 132 valence electrons. The average Bonchev–Trinajstić information content (AvgIpc) is 2.88. The number of benzene rings is 2. The van der Waals surface area contributed by atoms with Crippen LogP contribution in [0, 0.1) is 10.1 Å². The molecule has 2 heterocycles. The summed E-state index contributed by atoms with van der Waals surface area (Å²) < 4.78 is 0. The van der Waals surface area contributed by atoms with E-state index in [2.05, 4.69) is 5.32 Å². The van der Waals surface area contributed by atoms with E-state index in [1.165, 1.54) is 24.3 Å². The standard InChI is InChI=1S/C19H17N3O4/c1-11-16-10-14(8-12-5-3-7-21(17(12)16)19(11)24)20-18(23)13-4-2-6-15(9-13)22(25)26/h2,4,6,8-11H,3,5,7H2,1H3,(H,20,23). The van der Waals surface area contributed by atoms with Gasteiger partial charge in [-0.2, -0.15) is 0 Å². The zero-order valence-corrected chi connectivity index (χ0v) is 14.2. The van der Waals surface area contributed by atoms with Crippen molar-refractivity contribution in [2.24, 2.45) is 0 Å². The maximum atomic E-state index is 12.5. The van der Waals surface area contributed by atoms with E-state index in [4.69, 9.17) is 0 Å². The van der Waals surface area contributed by atoms with Crippen LogP contribution in [0.5, 0.6) is 0 Å². The smallest absolute Gasteiger partial charge is 0.270 e. The SMILES string of the molecule is CC1C(=O)N2CCCc3cc(NC(=O)c4cccc([N+](=O)[O-])c4)cc1c32. The molecule has 0 radical (unpaired) electrons. The van der Waals surface area contributed by atoms with E-state index in [1.807, 2.05) is 24.0 Å². The van der Waals surface area contributed by atoms with Crippen molar-refractivity contribution in [2.45, 2.75) is 25.7 Å². The number of amides is 2. The first-order valence-electron chi connectivity index (χ1n) is 8.49. The van der Waals surface area contributed by atoms with Gasteiger partial charge in [-0.05, 0) is 49.1 Å². The minimum Gasteiger partial charge on any atom is -0.322 e. The van der Waals surface area contributed by atoms with E-state index in [9.17, 15) is 19.7 Å². The summed E-state index contributed by atoms with van der Waals surface area (Å²) in [6.07, 6.45) is 1.76. The number of carbonyl (C=O) groups excluding carboxylic acids is 2. The third kappa shape index (κ3) is 2.52. The summed E-state index contributed by atoms with van der Waals surface area (Å²) in [5.41, 5.74) is 3.68. The quantitative estimate of drug-likeness (QED) is 0.679. The first kappa shape index (κ1) is 16.3. The molecule has 2 aromatic carbocycles. The van der Waals surface area contributed by atoms with Crippen LogP contribution in [-0.4, -0.2) is 23.3 Å². The molecule has 0 fully saturated rings. The highest BCUT2D eigenvalue weighted by atomic mass is 16.6. The van der Waals surface area contributed by atoms with Gasteiger partial charge >= 0.3 is 0 Å². The topological polar surface area (TPSA) is 92.6 Å². The first-order valence-corrected chi connectivity index (χ1v) is 8.49. The number of rotatable bonds is 3. The van der Waals surface area contributed by atoms with Gasteiger partial charge < -0.3 is 10.2 Å². The highest BCUT2D eigenvalue weighted by molar-refractivity contribution is 6.08. The summed E-state index contributed by atoms with van der Waals surface area (Å²) in [5, 5.41) is 13.7. The van der Waals surface area contributed by atoms with Crippen LogP contribution in [0.1, 0.15) is 40.7 Å². The largest absolute Gasteiger partial charge is 0.322 e. The molecule has 0 saturated heterocycles. The van der Waals surface area contributed by atoms with Gasteiger partial charge in [0.15, 0.2) is 0 Å². The van der Waals surface area contributed by atoms with Gasteiger partial charge in [-0.3, -0.25) is 19.7 Å². The summed E-state index contributed by atoms with van der Waals surface area (Å²) in [4.78, 5) is 37.1. The average molecular weight is 351 g/mol. The third-order valence-corrected chi connectivity index (χ3v) is 5.00. The van der Waals surface area contributed by atoms with Gasteiger partial charge in [-0.25, -0.2) is 0 Å². The molecule has 2 aliphatic heterocycles. The van der Waals surface area contributed by atoms with Crippen LogP contribution in [0.15, 0.2) is 36.4 Å². The maximum absolute atomic E-state index is 12.5. The molecule has 2 aromatic rings. The zero-order valence-electron chi connectivity index (χ0n) is 14.2. The van der Waals surface area contributed by atoms with Crippen LogP contribution in [0.25, 0.3) is 0 Å². The number of hydrogen-bond donors (Lipinski definition) is 1. The Morgan fingerprint density at radius 3 is 2.88 bits per heavy atom. The lowest BCUT2D eigenvalue weighted by Crippen LogP contribution is -2.32. The predicted octanol–water partition coefficient (Wildman–Crippen LogP) is 3.24. The first-order chi connectivity index (χ1) is 12.5. The van der Waals surface area contributed by atoms with Gasteiger partial charge in [-0.1, -0.05) is 6.07 Å². The van der Waals surface area contributed by atoms with Gasteiger partial charge in [0.1, 0.15) is 0 Å². The minimum absolute atomic E-state index is 0.100. The monoisotopic (exact) mass is 351 g/mol. The molecule has 2 amide bonds. The summed E-state index contributed by atoms with van der Waals surface area (Å²) in [6, 6.07) is 9.35. The molecule has 26 heavy (non-hydrogen) atoms. The fraction of sp³-hybridized carbons (Fsp3) is 0.263. The second-order valence-electron chi connectivity index (χ2n) is 6.65. The molecule has 0 saturated carbocycles. The van der Waals surface area contributed by atoms with E-state index >= 15 is 0 Å². The molecule has 1 N–H and O–H groups in total. The van der Waals surface area contributed by atoms with Crippen molar-refractivity contribution in [3.8, 4) is 0 Å². The molecule has 0 aliphatic carbocycles. The molecule has 7 nitrogen and oxygen atoms in total. The molecule has 0 bridgehead atoms. The molecule has 4 rings (SSSR count). The van der Waals surface area contributed by atoms with E-state index < -0.39 is 10.8 Å². The highest BCUT2D eigenvalue weighted by Crippen LogP contribution is 2.44. The normalized spacial score (nSPS) is 17.8. The number of nitrogens with one attached hydrogen (secondary N) is 1. The Bertz CT molecular complexity index is 954. The zero-order chi connectivity index (χ0) is 18.4. The summed E-state index contributed by atoms with van der Waals surface area (Å²) >= 11 is 0. The van der Waals surface area contributed by atoms with Gasteiger partial charge in [-0.15, -0.1) is 0 Å². The van der Waals surface area contributed by atoms with Gasteiger partial charge in [0.2, 0.25) is 5.91 Å². The third-order valence-electron chi connectivity index (χ3n) is 5.00. The number of nitro benzene ring substituents is 1. The highest BCUT2D eigenvalue weighted by Gasteiger charge is 2.37. The number of anilines is 2. The van der Waals surface area contributed by atoms with Crippen molar-refractivity contribution < 1.29 is 14.5 Å². The van der Waals surface area contributed by atoms with Gasteiger partial charge in [0.25, 0.3) is 11.6 Å². The van der Waals surface area contributed by atoms with Crippen LogP contribution < -0.4 is 10.2 Å². The molecule has 1 atom stereocenters. The van der Waals surface area contributed by atoms with Gasteiger partial charge in [0.05, 0.1) is 16.5 Å². The summed E-state index contributed by atoms with van der Waals surface area (Å²) in [7, 11) is 0. The maximum Gasteiger partial charge on any atom is 0.270 e. The molecule has 2 aliphatic rings. The number of nitro groups is 1. The fourth-order valence-corrected chi connectivity index (χ4v) is 3.73. The predicted molar refractivity (Wildman–Crippen MR) is 96.6 cm³/mol. The Morgan fingerprint density at radius 1 is 1.31 bits per heavy atom. The molecular formula is C19H17N3O4. The van der Waals surface area contributed by atoms with Crippen LogP contribution in [0.4, 0.5) is 17.1 Å². The Hall–Kier alpha value is -3.22. The van der Waals surface area contributed by atoms with Crippen LogP contribution >= 0.6 is 0 Å². The van der Waals surface area contributed by atoms with Crippen LogP contribution in [-0.2, 0) is 11.2 Å². The number of carbonyl (C=O) groups is 2. The second-order valence-corrected chi connectivity index (χ2v) is 6.65. The Morgan fingerprint density at radius 2 is 2.12 bits per heavy atom.